The third kappa shape index (κ3) is 3.12. The fourth-order valence-electron chi connectivity index (χ4n) is 1.92. The van der Waals surface area contributed by atoms with Crippen LogP contribution >= 0.6 is 11.8 Å². The first-order valence-corrected chi connectivity index (χ1v) is 7.05. The first kappa shape index (κ1) is 14.8. The Morgan fingerprint density at radius 1 is 1.50 bits per heavy atom. The van der Waals surface area contributed by atoms with E-state index in [9.17, 15) is 4.39 Å². The van der Waals surface area contributed by atoms with Crippen molar-refractivity contribution >= 4 is 11.8 Å². The Balaban J connectivity index is 2.13. The highest BCUT2D eigenvalue weighted by atomic mass is 32.2. The van der Waals surface area contributed by atoms with E-state index in [4.69, 9.17) is 10.6 Å². The minimum absolute atomic E-state index is 0.193. The van der Waals surface area contributed by atoms with Gasteiger partial charge < -0.3 is 4.74 Å². The summed E-state index contributed by atoms with van der Waals surface area (Å²) < 4.78 is 20.6. The smallest absolute Gasteiger partial charge is 0.161 e. The molecule has 1 unspecified atom stereocenters. The SMILES string of the molecule is COc1cnn(C)c1C(CSc1ccccc1F)NN. The monoisotopic (exact) mass is 296 g/mol. The number of thioether (sulfide) groups is 1. The third-order valence-electron chi connectivity index (χ3n) is 2.94. The van der Waals surface area contributed by atoms with E-state index < -0.39 is 0 Å². The molecule has 1 heterocycles. The van der Waals surface area contributed by atoms with Crippen molar-refractivity contribution < 1.29 is 9.13 Å². The number of ether oxygens (including phenoxy) is 1. The Kier molecular flexibility index (Phi) is 4.99. The molecule has 0 radical (unpaired) electrons. The van der Waals surface area contributed by atoms with Crippen molar-refractivity contribution in [2.75, 3.05) is 12.9 Å². The summed E-state index contributed by atoms with van der Waals surface area (Å²) in [5.41, 5.74) is 3.56. The molecule has 108 valence electrons. The van der Waals surface area contributed by atoms with Gasteiger partial charge in [0, 0.05) is 17.7 Å². The van der Waals surface area contributed by atoms with Gasteiger partial charge in [0.05, 0.1) is 25.0 Å². The Morgan fingerprint density at radius 2 is 2.25 bits per heavy atom. The standard InChI is InChI=1S/C13H17FN4OS/c1-18-13(11(19-2)7-16-18)10(17-15)8-20-12-6-4-3-5-9(12)14/h3-7,10,17H,8,15H2,1-2H3. The van der Waals surface area contributed by atoms with E-state index in [1.807, 2.05) is 7.05 Å². The van der Waals surface area contributed by atoms with Crippen LogP contribution in [-0.4, -0.2) is 22.6 Å². The van der Waals surface area contributed by atoms with E-state index in [-0.39, 0.29) is 11.9 Å². The summed E-state index contributed by atoms with van der Waals surface area (Å²) in [7, 11) is 3.40. The van der Waals surface area contributed by atoms with Gasteiger partial charge in [0.2, 0.25) is 0 Å². The second kappa shape index (κ2) is 6.74. The van der Waals surface area contributed by atoms with Crippen LogP contribution < -0.4 is 16.0 Å². The summed E-state index contributed by atoms with van der Waals surface area (Å²) in [4.78, 5) is 0.592. The number of hydrogen-bond donors (Lipinski definition) is 2. The van der Waals surface area contributed by atoms with E-state index in [2.05, 4.69) is 10.5 Å². The van der Waals surface area contributed by atoms with Crippen molar-refractivity contribution in [3.8, 4) is 5.75 Å². The van der Waals surface area contributed by atoms with Gasteiger partial charge in [-0.25, -0.2) is 4.39 Å². The molecule has 0 aliphatic rings. The number of aromatic nitrogens is 2. The Hall–Kier alpha value is -1.57. The van der Waals surface area contributed by atoms with Gasteiger partial charge in [-0.3, -0.25) is 16.0 Å². The van der Waals surface area contributed by atoms with Crippen molar-refractivity contribution in [1.82, 2.24) is 15.2 Å². The summed E-state index contributed by atoms with van der Waals surface area (Å²) in [6.07, 6.45) is 1.63. The first-order chi connectivity index (χ1) is 9.67. The van der Waals surface area contributed by atoms with E-state index in [1.54, 1.807) is 36.2 Å². The molecule has 0 amide bonds. The molecule has 7 heteroatoms. The molecule has 0 aliphatic carbocycles. The molecule has 0 saturated carbocycles. The van der Waals surface area contributed by atoms with Gasteiger partial charge in [0.1, 0.15) is 5.82 Å². The van der Waals surface area contributed by atoms with Crippen LogP contribution in [0.5, 0.6) is 5.75 Å². The molecule has 0 fully saturated rings. The molecule has 1 aromatic carbocycles. The van der Waals surface area contributed by atoms with Crippen LogP contribution in [0.1, 0.15) is 11.7 Å². The maximum atomic E-state index is 13.6. The number of nitrogens with one attached hydrogen (secondary N) is 1. The predicted octanol–water partition coefficient (Wildman–Crippen LogP) is 1.86. The predicted molar refractivity (Wildman–Crippen MR) is 76.9 cm³/mol. The number of hydrazine groups is 1. The molecule has 1 aromatic heterocycles. The fraction of sp³-hybridized carbons (Fsp3) is 0.308. The van der Waals surface area contributed by atoms with Crippen molar-refractivity contribution in [1.29, 1.82) is 0 Å². The summed E-state index contributed by atoms with van der Waals surface area (Å²) >= 11 is 1.39. The number of nitrogens with two attached hydrogens (primary N) is 1. The Morgan fingerprint density at radius 3 is 2.90 bits per heavy atom. The zero-order chi connectivity index (χ0) is 14.5. The quantitative estimate of drug-likeness (QED) is 0.484. The maximum absolute atomic E-state index is 13.6. The second-order valence-corrected chi connectivity index (χ2v) is 5.24. The van der Waals surface area contributed by atoms with Gasteiger partial charge in [-0.05, 0) is 12.1 Å². The highest BCUT2D eigenvalue weighted by Gasteiger charge is 2.20. The molecule has 3 N–H and O–H groups in total. The average molecular weight is 296 g/mol. The largest absolute Gasteiger partial charge is 0.493 e. The number of aryl methyl sites for hydroxylation is 1. The molecule has 2 aromatic rings. The van der Waals surface area contributed by atoms with Crippen LogP contribution in [0.15, 0.2) is 35.4 Å². The maximum Gasteiger partial charge on any atom is 0.161 e. The van der Waals surface area contributed by atoms with E-state index in [0.717, 1.165) is 5.69 Å². The third-order valence-corrected chi connectivity index (χ3v) is 4.08. The molecule has 2 rings (SSSR count). The lowest BCUT2D eigenvalue weighted by Gasteiger charge is -2.17. The zero-order valence-electron chi connectivity index (χ0n) is 11.3. The first-order valence-electron chi connectivity index (χ1n) is 6.06. The minimum Gasteiger partial charge on any atom is -0.493 e. The topological polar surface area (TPSA) is 65.1 Å². The lowest BCUT2D eigenvalue weighted by Crippen LogP contribution is -2.31. The molecular formula is C13H17FN4OS. The molecule has 0 spiro atoms. The molecule has 5 nitrogen and oxygen atoms in total. The van der Waals surface area contributed by atoms with Gasteiger partial charge in [0.15, 0.2) is 5.75 Å². The van der Waals surface area contributed by atoms with Crippen LogP contribution in [0.2, 0.25) is 0 Å². The van der Waals surface area contributed by atoms with Crippen LogP contribution in [0, 0.1) is 5.82 Å². The zero-order valence-corrected chi connectivity index (χ0v) is 12.2. The van der Waals surface area contributed by atoms with E-state index in [1.165, 1.54) is 17.8 Å². The van der Waals surface area contributed by atoms with Crippen molar-refractivity contribution in [3.63, 3.8) is 0 Å². The van der Waals surface area contributed by atoms with Crippen molar-refractivity contribution in [2.24, 2.45) is 12.9 Å². The van der Waals surface area contributed by atoms with Crippen LogP contribution in [0.25, 0.3) is 0 Å². The summed E-state index contributed by atoms with van der Waals surface area (Å²) in [6.45, 7) is 0. The Bertz CT molecular complexity index is 575. The van der Waals surface area contributed by atoms with Crippen molar-refractivity contribution in [2.45, 2.75) is 10.9 Å². The summed E-state index contributed by atoms with van der Waals surface area (Å²) in [6, 6.07) is 6.47. The normalized spacial score (nSPS) is 12.4. The van der Waals surface area contributed by atoms with Gasteiger partial charge in [-0.1, -0.05) is 12.1 Å². The van der Waals surface area contributed by atoms with E-state index in [0.29, 0.717) is 16.4 Å². The number of methoxy groups -OCH3 is 1. The number of benzene rings is 1. The minimum atomic E-state index is -0.231. The molecule has 0 saturated heterocycles. The lowest BCUT2D eigenvalue weighted by atomic mass is 10.2. The van der Waals surface area contributed by atoms with Crippen LogP contribution in [0.3, 0.4) is 0 Å². The summed E-state index contributed by atoms with van der Waals surface area (Å²) in [5.74, 6) is 6.59. The number of halogens is 1. The van der Waals surface area contributed by atoms with Crippen molar-refractivity contribution in [3.05, 3.63) is 42.0 Å². The van der Waals surface area contributed by atoms with E-state index >= 15 is 0 Å². The number of nitrogens with zero attached hydrogens (tertiary/aromatic N) is 2. The van der Waals surface area contributed by atoms with Crippen LogP contribution in [-0.2, 0) is 7.05 Å². The molecular weight excluding hydrogens is 279 g/mol. The second-order valence-electron chi connectivity index (χ2n) is 4.18. The fourth-order valence-corrected chi connectivity index (χ4v) is 2.90. The van der Waals surface area contributed by atoms with Gasteiger partial charge in [-0.15, -0.1) is 11.8 Å². The highest BCUT2D eigenvalue weighted by Crippen LogP contribution is 2.30. The number of rotatable bonds is 6. The lowest BCUT2D eigenvalue weighted by molar-refractivity contribution is 0.399. The van der Waals surface area contributed by atoms with Gasteiger partial charge in [-0.2, -0.15) is 5.10 Å². The molecule has 1 atom stereocenters. The molecule has 0 bridgehead atoms. The Labute approximate surface area is 121 Å². The van der Waals surface area contributed by atoms with Gasteiger partial charge >= 0.3 is 0 Å². The van der Waals surface area contributed by atoms with Gasteiger partial charge in [0.25, 0.3) is 0 Å². The number of hydrogen-bond acceptors (Lipinski definition) is 5. The highest BCUT2D eigenvalue weighted by molar-refractivity contribution is 7.99. The van der Waals surface area contributed by atoms with Crippen LogP contribution in [0.4, 0.5) is 4.39 Å². The molecule has 0 aliphatic heterocycles. The average Bonchev–Trinajstić information content (AvgIpc) is 2.83. The summed E-state index contributed by atoms with van der Waals surface area (Å²) in [5, 5.41) is 4.14. The molecule has 20 heavy (non-hydrogen) atoms.